The smallest absolute Gasteiger partial charge is 0.248 e. The van der Waals surface area contributed by atoms with Gasteiger partial charge in [-0.05, 0) is 65.4 Å². The minimum atomic E-state index is -0.996. The highest BCUT2D eigenvalue weighted by Gasteiger charge is 2.36. The molecule has 1 aliphatic carbocycles. The van der Waals surface area contributed by atoms with Gasteiger partial charge in [-0.3, -0.25) is 14.4 Å². The second-order valence-corrected chi connectivity index (χ2v) is 11.0. The number of hydrogen-bond acceptors (Lipinski definition) is 7. The van der Waals surface area contributed by atoms with Crippen LogP contribution in [0.5, 0.6) is 11.5 Å². The largest absolute Gasteiger partial charge is 0.493 e. The quantitative estimate of drug-likeness (QED) is 0.289. The molecule has 0 unspecified atom stereocenters. The van der Waals surface area contributed by atoms with E-state index in [1.807, 2.05) is 20.8 Å². The maximum absolute atomic E-state index is 14.1. The van der Waals surface area contributed by atoms with Crippen molar-refractivity contribution in [1.82, 2.24) is 15.4 Å². The van der Waals surface area contributed by atoms with E-state index in [9.17, 15) is 14.4 Å². The van der Waals surface area contributed by atoms with Crippen molar-refractivity contribution in [3.63, 3.8) is 0 Å². The maximum atomic E-state index is 14.1. The van der Waals surface area contributed by atoms with E-state index in [1.54, 1.807) is 36.1 Å². The van der Waals surface area contributed by atoms with Crippen LogP contribution in [0, 0.1) is 6.92 Å². The molecule has 3 rings (SSSR count). The summed E-state index contributed by atoms with van der Waals surface area (Å²) in [6, 6.07) is 5.92. The van der Waals surface area contributed by atoms with Gasteiger partial charge in [-0.2, -0.15) is 0 Å². The molecule has 1 aliphatic rings. The Hall–Kier alpha value is -3.82. The lowest BCUT2D eigenvalue weighted by atomic mass is 9.95. The first kappa shape index (κ1) is 31.7. The molecular weight excluding hydrogens is 524 g/mol. The Morgan fingerprint density at radius 3 is 2.54 bits per heavy atom. The Morgan fingerprint density at radius 2 is 1.93 bits per heavy atom. The van der Waals surface area contributed by atoms with E-state index in [1.165, 1.54) is 19.8 Å². The number of nitrogens with one attached hydrogen (secondary N) is 2. The number of methoxy groups -OCH3 is 2. The zero-order valence-corrected chi connectivity index (χ0v) is 25.2. The van der Waals surface area contributed by atoms with Gasteiger partial charge in [-0.25, -0.2) is 0 Å². The second-order valence-electron chi connectivity index (χ2n) is 11.0. The van der Waals surface area contributed by atoms with E-state index < -0.39 is 11.6 Å². The molecular formula is C31H44N4O6. The van der Waals surface area contributed by atoms with Crippen molar-refractivity contribution < 1.29 is 28.4 Å². The minimum absolute atomic E-state index is 0.0754. The van der Waals surface area contributed by atoms with Crippen molar-refractivity contribution in [3.8, 4) is 11.5 Å². The normalized spacial score (nSPS) is 14.0. The van der Waals surface area contributed by atoms with Crippen LogP contribution in [0.3, 0.4) is 0 Å². The van der Waals surface area contributed by atoms with Gasteiger partial charge in [-0.1, -0.05) is 35.9 Å². The van der Waals surface area contributed by atoms with Crippen LogP contribution in [0.4, 0.5) is 5.82 Å². The lowest BCUT2D eigenvalue weighted by molar-refractivity contribution is -0.142. The van der Waals surface area contributed by atoms with Gasteiger partial charge in [0, 0.05) is 36.6 Å². The molecule has 0 bridgehead atoms. The number of aryl methyl sites for hydroxylation is 1. The van der Waals surface area contributed by atoms with Gasteiger partial charge in [0.25, 0.3) is 0 Å². The van der Waals surface area contributed by atoms with Crippen molar-refractivity contribution in [2.45, 2.75) is 90.6 Å². The maximum Gasteiger partial charge on any atom is 0.248 e. The van der Waals surface area contributed by atoms with Gasteiger partial charge < -0.3 is 29.5 Å². The first-order valence-corrected chi connectivity index (χ1v) is 14.3. The Bertz CT molecular complexity index is 1230. The van der Waals surface area contributed by atoms with E-state index in [4.69, 9.17) is 14.0 Å². The first-order chi connectivity index (χ1) is 19.6. The predicted octanol–water partition coefficient (Wildman–Crippen LogP) is 5.48. The summed E-state index contributed by atoms with van der Waals surface area (Å²) in [7, 11) is 3.05. The van der Waals surface area contributed by atoms with E-state index in [2.05, 4.69) is 21.9 Å². The average Bonchev–Trinajstić information content (AvgIpc) is 3.37. The Labute approximate surface area is 242 Å². The summed E-state index contributed by atoms with van der Waals surface area (Å²) >= 11 is 0. The van der Waals surface area contributed by atoms with Crippen LogP contribution in [0.15, 0.2) is 40.4 Å². The number of amides is 3. The van der Waals surface area contributed by atoms with Crippen LogP contribution >= 0.6 is 0 Å². The Kier molecular flexibility index (Phi) is 11.4. The first-order valence-electron chi connectivity index (χ1n) is 14.3. The van der Waals surface area contributed by atoms with Crippen molar-refractivity contribution in [1.29, 1.82) is 0 Å². The summed E-state index contributed by atoms with van der Waals surface area (Å²) in [5.74, 6) is 0.704. The summed E-state index contributed by atoms with van der Waals surface area (Å²) in [4.78, 5) is 42.2. The fourth-order valence-electron chi connectivity index (χ4n) is 4.86. The summed E-state index contributed by atoms with van der Waals surface area (Å²) < 4.78 is 16.2. The van der Waals surface area contributed by atoms with Gasteiger partial charge in [-0.15, -0.1) is 0 Å². The number of nitrogens with zero attached hydrogens (tertiary/aromatic N) is 2. The zero-order valence-electron chi connectivity index (χ0n) is 25.2. The van der Waals surface area contributed by atoms with E-state index in [0.29, 0.717) is 48.0 Å². The number of aromatic nitrogens is 1. The molecule has 2 N–H and O–H groups in total. The van der Waals surface area contributed by atoms with Crippen LogP contribution in [0.2, 0.25) is 0 Å². The number of benzene rings is 1. The highest BCUT2D eigenvalue weighted by atomic mass is 16.5. The predicted molar refractivity (Wildman–Crippen MR) is 157 cm³/mol. The molecule has 1 aromatic heterocycles. The number of rotatable bonds is 14. The third kappa shape index (κ3) is 8.83. The highest BCUT2D eigenvalue weighted by molar-refractivity contribution is 5.94. The summed E-state index contributed by atoms with van der Waals surface area (Å²) in [6.45, 7) is 7.93. The molecule has 1 atom stereocenters. The standard InChI is InChI=1S/C31H44N4O6/c1-7-31(3,4)33-30(38)28(23-14-11-15-24(39-5)29(23)40-6)35(19-18-22-12-9-8-10-13-22)27(37)17-16-26(36)32-25-20-21(2)41-34-25/h11-12,14-15,20,28H,7-10,13,16-19H2,1-6H3,(H,33,38)(H,32,34,36)/t28-/m0/s1. The van der Waals surface area contributed by atoms with Crippen molar-refractivity contribution >= 4 is 23.5 Å². The molecule has 0 saturated carbocycles. The van der Waals surface area contributed by atoms with E-state index in [0.717, 1.165) is 25.7 Å². The number of para-hydroxylation sites is 1. The number of hydrogen-bond donors (Lipinski definition) is 2. The lowest BCUT2D eigenvalue weighted by Gasteiger charge is -2.35. The Morgan fingerprint density at radius 1 is 1.15 bits per heavy atom. The Balaban J connectivity index is 1.96. The number of anilines is 1. The number of allylic oxidation sites excluding steroid dienone is 1. The molecule has 10 nitrogen and oxygen atoms in total. The summed E-state index contributed by atoms with van der Waals surface area (Å²) in [6.07, 6.45) is 7.67. The van der Waals surface area contributed by atoms with Gasteiger partial charge in [0.15, 0.2) is 17.3 Å². The summed E-state index contributed by atoms with van der Waals surface area (Å²) in [5.41, 5.74) is 1.29. The molecule has 41 heavy (non-hydrogen) atoms. The van der Waals surface area contributed by atoms with Gasteiger partial charge >= 0.3 is 0 Å². The highest BCUT2D eigenvalue weighted by Crippen LogP contribution is 2.38. The van der Waals surface area contributed by atoms with Gasteiger partial charge in [0.2, 0.25) is 17.7 Å². The van der Waals surface area contributed by atoms with Gasteiger partial charge in [0.1, 0.15) is 11.8 Å². The van der Waals surface area contributed by atoms with E-state index in [-0.39, 0.29) is 30.6 Å². The molecule has 3 amide bonds. The topological polar surface area (TPSA) is 123 Å². The van der Waals surface area contributed by atoms with Crippen LogP contribution in [0.25, 0.3) is 0 Å². The fraction of sp³-hybridized carbons (Fsp3) is 0.548. The third-order valence-electron chi connectivity index (χ3n) is 7.47. The van der Waals surface area contributed by atoms with Gasteiger partial charge in [0.05, 0.1) is 14.2 Å². The zero-order chi connectivity index (χ0) is 30.0. The molecule has 1 heterocycles. The van der Waals surface area contributed by atoms with Crippen LogP contribution < -0.4 is 20.1 Å². The number of ether oxygens (including phenoxy) is 2. The van der Waals surface area contributed by atoms with E-state index >= 15 is 0 Å². The van der Waals surface area contributed by atoms with Crippen molar-refractivity contribution in [2.75, 3.05) is 26.1 Å². The molecule has 224 valence electrons. The molecule has 0 aliphatic heterocycles. The molecule has 0 fully saturated rings. The molecule has 1 aromatic carbocycles. The lowest BCUT2D eigenvalue weighted by Crippen LogP contribution is -2.50. The SMILES string of the molecule is CCC(C)(C)NC(=O)[C@H](c1cccc(OC)c1OC)N(CCC1=CCCCC1)C(=O)CCC(=O)Nc1cc(C)on1. The monoisotopic (exact) mass is 568 g/mol. The molecule has 0 saturated heterocycles. The number of carbonyl (C=O) groups excluding carboxylic acids is 3. The van der Waals surface area contributed by atoms with Crippen LogP contribution in [-0.2, 0) is 14.4 Å². The number of carbonyl (C=O) groups is 3. The molecule has 0 spiro atoms. The van der Waals surface area contributed by atoms with Crippen LogP contribution in [-0.4, -0.2) is 54.1 Å². The molecule has 10 heteroatoms. The fourth-order valence-corrected chi connectivity index (χ4v) is 4.86. The van der Waals surface area contributed by atoms with Crippen molar-refractivity contribution in [2.24, 2.45) is 0 Å². The van der Waals surface area contributed by atoms with Crippen LogP contribution in [0.1, 0.15) is 89.5 Å². The average molecular weight is 569 g/mol. The third-order valence-corrected chi connectivity index (χ3v) is 7.47. The summed E-state index contributed by atoms with van der Waals surface area (Å²) in [5, 5.41) is 9.56. The molecule has 2 aromatic rings. The molecule has 0 radical (unpaired) electrons. The second kappa shape index (κ2) is 14.7. The minimum Gasteiger partial charge on any atom is -0.493 e. The van der Waals surface area contributed by atoms with Crippen molar-refractivity contribution in [3.05, 3.63) is 47.2 Å².